The molecule has 17 heavy (non-hydrogen) atoms. The van der Waals surface area contributed by atoms with Gasteiger partial charge in [-0.2, -0.15) is 22.7 Å². The second kappa shape index (κ2) is 5.80. The summed E-state index contributed by atoms with van der Waals surface area (Å²) in [4.78, 5) is 0. The zero-order valence-electron chi connectivity index (χ0n) is 10.7. The van der Waals surface area contributed by atoms with Crippen LogP contribution in [0.3, 0.4) is 0 Å². The third-order valence-electron chi connectivity index (χ3n) is 3.16. The fourth-order valence-electron chi connectivity index (χ4n) is 1.77. The predicted molar refractivity (Wildman–Crippen MR) is 66.3 cm³/mol. The first kappa shape index (κ1) is 14.4. The van der Waals surface area contributed by atoms with Gasteiger partial charge >= 0.3 is 0 Å². The second-order valence-corrected chi connectivity index (χ2v) is 6.76. The third kappa shape index (κ3) is 3.95. The maximum atomic E-state index is 12.0. The van der Waals surface area contributed by atoms with Crippen LogP contribution in [0.4, 0.5) is 0 Å². The Morgan fingerprint density at radius 3 is 2.29 bits per heavy atom. The van der Waals surface area contributed by atoms with E-state index in [1.807, 2.05) is 19.9 Å². The van der Waals surface area contributed by atoms with E-state index in [2.05, 4.69) is 11.6 Å². The molecule has 1 aliphatic rings. The van der Waals surface area contributed by atoms with E-state index in [-0.39, 0.29) is 5.92 Å². The number of nitriles is 1. The number of rotatable bonds is 4. The minimum Gasteiger partial charge on any atom is -0.197 e. The van der Waals surface area contributed by atoms with Gasteiger partial charge in [0.05, 0.1) is 6.07 Å². The lowest BCUT2D eigenvalue weighted by atomic mass is 10.0. The Bertz CT molecular complexity index is 378. The highest BCUT2D eigenvalue weighted by Gasteiger charge is 2.29. The average Bonchev–Trinajstić information content (AvgIpc) is 2.26. The molecule has 0 amide bonds. The van der Waals surface area contributed by atoms with E-state index in [9.17, 15) is 8.42 Å². The van der Waals surface area contributed by atoms with E-state index in [0.29, 0.717) is 19.0 Å². The molecule has 1 heterocycles. The molecular formula is C11H21N3O2S. The molecular weight excluding hydrogens is 238 g/mol. The third-order valence-corrected chi connectivity index (χ3v) is 4.76. The highest BCUT2D eigenvalue weighted by atomic mass is 32.2. The second-order valence-electron chi connectivity index (χ2n) is 5.06. The summed E-state index contributed by atoms with van der Waals surface area (Å²) in [5, 5.41) is 8.90. The van der Waals surface area contributed by atoms with Crippen molar-refractivity contribution in [3.63, 3.8) is 0 Å². The lowest BCUT2D eigenvalue weighted by molar-refractivity contribution is 0.283. The van der Waals surface area contributed by atoms with E-state index in [1.165, 1.54) is 4.31 Å². The standard InChI is InChI=1S/C11H21N3O2S/c1-9(2)11(8-12)13-17(15,16)14-6-4-10(3)5-7-14/h9-11,13H,4-7H2,1-3H3. The summed E-state index contributed by atoms with van der Waals surface area (Å²) in [6.07, 6.45) is 1.78. The molecule has 1 aliphatic heterocycles. The minimum absolute atomic E-state index is 0.0292. The Hall–Kier alpha value is -0.640. The van der Waals surface area contributed by atoms with Gasteiger partial charge < -0.3 is 0 Å². The van der Waals surface area contributed by atoms with Gasteiger partial charge in [-0.05, 0) is 24.7 Å². The summed E-state index contributed by atoms with van der Waals surface area (Å²) in [5.41, 5.74) is 0. The molecule has 1 saturated heterocycles. The smallest absolute Gasteiger partial charge is 0.197 e. The van der Waals surface area contributed by atoms with Crippen LogP contribution in [0.15, 0.2) is 0 Å². The van der Waals surface area contributed by atoms with Crippen LogP contribution >= 0.6 is 0 Å². The molecule has 0 radical (unpaired) electrons. The van der Waals surface area contributed by atoms with Gasteiger partial charge in [-0.25, -0.2) is 0 Å². The van der Waals surface area contributed by atoms with Crippen molar-refractivity contribution in [1.29, 1.82) is 5.26 Å². The average molecular weight is 259 g/mol. The summed E-state index contributed by atoms with van der Waals surface area (Å²) in [5.74, 6) is 0.553. The van der Waals surface area contributed by atoms with Crippen molar-refractivity contribution in [2.45, 2.75) is 39.7 Å². The topological polar surface area (TPSA) is 73.2 Å². The van der Waals surface area contributed by atoms with Crippen LogP contribution in [0, 0.1) is 23.2 Å². The first-order chi connectivity index (χ1) is 7.86. The summed E-state index contributed by atoms with van der Waals surface area (Å²) < 4.78 is 28.0. The molecule has 0 aromatic rings. The van der Waals surface area contributed by atoms with Gasteiger partial charge in [0.1, 0.15) is 6.04 Å². The van der Waals surface area contributed by atoms with E-state index in [0.717, 1.165) is 12.8 Å². The SMILES string of the molecule is CC1CCN(S(=O)(=O)NC(C#N)C(C)C)CC1. The molecule has 5 nitrogen and oxygen atoms in total. The molecule has 0 spiro atoms. The first-order valence-corrected chi connectivity index (χ1v) is 7.48. The monoisotopic (exact) mass is 259 g/mol. The molecule has 6 heteroatoms. The Morgan fingerprint density at radius 1 is 1.35 bits per heavy atom. The molecule has 1 N–H and O–H groups in total. The normalized spacial score (nSPS) is 21.4. The van der Waals surface area contributed by atoms with E-state index in [1.54, 1.807) is 0 Å². The van der Waals surface area contributed by atoms with E-state index >= 15 is 0 Å². The number of hydrogen-bond donors (Lipinski definition) is 1. The Labute approximate surface area is 104 Å². The largest absolute Gasteiger partial charge is 0.280 e. The summed E-state index contributed by atoms with van der Waals surface area (Å²) >= 11 is 0. The van der Waals surface area contributed by atoms with Crippen molar-refractivity contribution in [3.8, 4) is 6.07 Å². The van der Waals surface area contributed by atoms with Gasteiger partial charge in [0.2, 0.25) is 0 Å². The van der Waals surface area contributed by atoms with Crippen LogP contribution in [-0.4, -0.2) is 31.9 Å². The van der Waals surface area contributed by atoms with Crippen LogP contribution < -0.4 is 4.72 Å². The molecule has 1 fully saturated rings. The summed E-state index contributed by atoms with van der Waals surface area (Å²) in [6.45, 7) is 6.88. The Morgan fingerprint density at radius 2 is 1.88 bits per heavy atom. The van der Waals surface area contributed by atoms with Crippen LogP contribution in [0.5, 0.6) is 0 Å². The summed E-state index contributed by atoms with van der Waals surface area (Å²) in [6, 6.07) is 1.34. The zero-order valence-corrected chi connectivity index (χ0v) is 11.5. The maximum absolute atomic E-state index is 12.0. The van der Waals surface area contributed by atoms with E-state index < -0.39 is 16.3 Å². The minimum atomic E-state index is -3.50. The van der Waals surface area contributed by atoms with Crippen LogP contribution in [0.25, 0.3) is 0 Å². The Kier molecular flexibility index (Phi) is 4.92. The molecule has 1 rings (SSSR count). The molecule has 0 aliphatic carbocycles. The summed E-state index contributed by atoms with van der Waals surface area (Å²) in [7, 11) is -3.50. The van der Waals surface area contributed by atoms with Gasteiger partial charge in [-0.3, -0.25) is 0 Å². The lowest BCUT2D eigenvalue weighted by Gasteiger charge is -2.30. The van der Waals surface area contributed by atoms with Crippen molar-refractivity contribution < 1.29 is 8.42 Å². The van der Waals surface area contributed by atoms with Crippen LogP contribution in [-0.2, 0) is 10.2 Å². The van der Waals surface area contributed by atoms with Crippen molar-refractivity contribution in [2.75, 3.05) is 13.1 Å². The van der Waals surface area contributed by atoms with Crippen molar-refractivity contribution in [3.05, 3.63) is 0 Å². The highest BCUT2D eigenvalue weighted by molar-refractivity contribution is 7.87. The highest BCUT2D eigenvalue weighted by Crippen LogP contribution is 2.18. The van der Waals surface area contributed by atoms with Gasteiger partial charge in [0, 0.05) is 13.1 Å². The van der Waals surface area contributed by atoms with Gasteiger partial charge in [0.25, 0.3) is 10.2 Å². The number of nitrogens with one attached hydrogen (secondary N) is 1. The van der Waals surface area contributed by atoms with E-state index in [4.69, 9.17) is 5.26 Å². The number of nitrogens with zero attached hydrogens (tertiary/aromatic N) is 2. The molecule has 0 saturated carbocycles. The molecule has 0 aromatic carbocycles. The van der Waals surface area contributed by atoms with Crippen molar-refractivity contribution >= 4 is 10.2 Å². The first-order valence-electron chi connectivity index (χ1n) is 6.04. The lowest BCUT2D eigenvalue weighted by Crippen LogP contribution is -2.49. The van der Waals surface area contributed by atoms with Gasteiger partial charge in [-0.15, -0.1) is 0 Å². The zero-order chi connectivity index (χ0) is 13.1. The van der Waals surface area contributed by atoms with Crippen LogP contribution in [0.1, 0.15) is 33.6 Å². The molecule has 98 valence electrons. The molecule has 0 aromatic heterocycles. The quantitative estimate of drug-likeness (QED) is 0.821. The van der Waals surface area contributed by atoms with Gasteiger partial charge in [-0.1, -0.05) is 20.8 Å². The maximum Gasteiger partial charge on any atom is 0.280 e. The molecule has 1 atom stereocenters. The molecule has 1 unspecified atom stereocenters. The van der Waals surface area contributed by atoms with Crippen molar-refractivity contribution in [1.82, 2.24) is 9.03 Å². The fraction of sp³-hybridized carbons (Fsp3) is 0.909. The van der Waals surface area contributed by atoms with Crippen LogP contribution in [0.2, 0.25) is 0 Å². The number of hydrogen-bond acceptors (Lipinski definition) is 3. The number of piperidine rings is 1. The van der Waals surface area contributed by atoms with Crippen molar-refractivity contribution in [2.24, 2.45) is 11.8 Å². The Balaban J connectivity index is 2.66. The predicted octanol–water partition coefficient (Wildman–Crippen LogP) is 1.10. The fourth-order valence-corrected chi connectivity index (χ4v) is 3.26. The van der Waals surface area contributed by atoms with Gasteiger partial charge in [0.15, 0.2) is 0 Å². The molecule has 0 bridgehead atoms.